The Bertz CT molecular complexity index is 365. The van der Waals surface area contributed by atoms with Gasteiger partial charge in [0.05, 0.1) is 12.4 Å². The molecule has 1 unspecified atom stereocenters. The molecule has 100 valence electrons. The molecule has 2 fully saturated rings. The molecule has 2 aliphatic heterocycles. The molecule has 4 nitrogen and oxygen atoms in total. The third-order valence-electron chi connectivity index (χ3n) is 4.22. The first-order chi connectivity index (χ1) is 8.93. The lowest BCUT2D eigenvalue weighted by molar-refractivity contribution is 0.100. The number of rotatable bonds is 4. The number of nitrogens with one attached hydrogen (secondary N) is 1. The van der Waals surface area contributed by atoms with Crippen LogP contribution in [0.3, 0.4) is 0 Å². The maximum absolute atomic E-state index is 5.69. The van der Waals surface area contributed by atoms with Gasteiger partial charge in [0.2, 0.25) is 0 Å². The Hall–Kier alpha value is -0.870. The highest BCUT2D eigenvalue weighted by Gasteiger charge is 2.20. The monoisotopic (exact) mass is 249 g/mol. The fourth-order valence-corrected chi connectivity index (χ4v) is 3.13. The van der Waals surface area contributed by atoms with Crippen molar-refractivity contribution in [3.8, 4) is 0 Å². The van der Waals surface area contributed by atoms with E-state index >= 15 is 0 Å². The van der Waals surface area contributed by atoms with Crippen LogP contribution in [0.25, 0.3) is 0 Å². The summed E-state index contributed by atoms with van der Waals surface area (Å²) in [4.78, 5) is 4.34. The molecule has 1 atom stereocenters. The number of aromatic nitrogens is 2. The van der Waals surface area contributed by atoms with E-state index in [9.17, 15) is 0 Å². The Morgan fingerprint density at radius 3 is 3.00 bits per heavy atom. The van der Waals surface area contributed by atoms with Gasteiger partial charge in [-0.2, -0.15) is 0 Å². The standard InChI is InChI=1S/C14H23N3O/c1-2-13(18-9-1)5-8-17-11-16-10-14(17)12-3-6-15-7-4-12/h10-13,15H,1-9H2. The Morgan fingerprint density at radius 1 is 1.33 bits per heavy atom. The molecule has 1 aromatic rings. The summed E-state index contributed by atoms with van der Waals surface area (Å²) < 4.78 is 8.04. The molecule has 18 heavy (non-hydrogen) atoms. The minimum absolute atomic E-state index is 0.480. The van der Waals surface area contributed by atoms with Gasteiger partial charge in [-0.25, -0.2) is 4.98 Å². The molecule has 2 aliphatic rings. The van der Waals surface area contributed by atoms with Crippen LogP contribution in [0.5, 0.6) is 0 Å². The third kappa shape index (κ3) is 2.75. The number of piperidine rings is 1. The lowest BCUT2D eigenvalue weighted by Crippen LogP contribution is -2.27. The van der Waals surface area contributed by atoms with E-state index in [0.29, 0.717) is 12.0 Å². The van der Waals surface area contributed by atoms with Gasteiger partial charge in [-0.15, -0.1) is 0 Å². The fraction of sp³-hybridized carbons (Fsp3) is 0.786. The molecular formula is C14H23N3O. The maximum atomic E-state index is 5.69. The van der Waals surface area contributed by atoms with Gasteiger partial charge < -0.3 is 14.6 Å². The van der Waals surface area contributed by atoms with E-state index in [0.717, 1.165) is 32.7 Å². The fourth-order valence-electron chi connectivity index (χ4n) is 3.13. The number of hydrogen-bond donors (Lipinski definition) is 1. The average Bonchev–Trinajstić information content (AvgIpc) is 3.09. The number of nitrogens with zero attached hydrogens (tertiary/aromatic N) is 2. The Morgan fingerprint density at radius 2 is 2.22 bits per heavy atom. The summed E-state index contributed by atoms with van der Waals surface area (Å²) in [6.45, 7) is 4.29. The summed E-state index contributed by atoms with van der Waals surface area (Å²) >= 11 is 0. The first-order valence-corrected chi connectivity index (χ1v) is 7.26. The van der Waals surface area contributed by atoms with E-state index in [1.54, 1.807) is 0 Å². The van der Waals surface area contributed by atoms with E-state index in [-0.39, 0.29) is 0 Å². The molecule has 0 aliphatic carbocycles. The number of hydrogen-bond acceptors (Lipinski definition) is 3. The Labute approximate surface area is 109 Å². The lowest BCUT2D eigenvalue weighted by atomic mass is 9.95. The van der Waals surface area contributed by atoms with Crippen LogP contribution in [0.2, 0.25) is 0 Å². The van der Waals surface area contributed by atoms with Crippen LogP contribution in [0.4, 0.5) is 0 Å². The molecular weight excluding hydrogens is 226 g/mol. The highest BCUT2D eigenvalue weighted by molar-refractivity contribution is 5.07. The minimum Gasteiger partial charge on any atom is -0.378 e. The molecule has 4 heteroatoms. The Kier molecular flexibility index (Phi) is 3.96. The second kappa shape index (κ2) is 5.85. The van der Waals surface area contributed by atoms with E-state index < -0.39 is 0 Å². The first-order valence-electron chi connectivity index (χ1n) is 7.26. The first kappa shape index (κ1) is 12.2. The van der Waals surface area contributed by atoms with Crippen molar-refractivity contribution < 1.29 is 4.74 Å². The van der Waals surface area contributed by atoms with Crippen LogP contribution < -0.4 is 5.32 Å². The second-order valence-electron chi connectivity index (χ2n) is 5.46. The van der Waals surface area contributed by atoms with E-state index in [1.165, 1.54) is 31.4 Å². The van der Waals surface area contributed by atoms with Crippen molar-refractivity contribution >= 4 is 0 Å². The smallest absolute Gasteiger partial charge is 0.0948 e. The van der Waals surface area contributed by atoms with Crippen LogP contribution in [-0.2, 0) is 11.3 Å². The quantitative estimate of drug-likeness (QED) is 0.886. The highest BCUT2D eigenvalue weighted by atomic mass is 16.5. The zero-order chi connectivity index (χ0) is 12.2. The average molecular weight is 249 g/mol. The largest absolute Gasteiger partial charge is 0.378 e. The maximum Gasteiger partial charge on any atom is 0.0948 e. The minimum atomic E-state index is 0.480. The molecule has 2 saturated heterocycles. The summed E-state index contributed by atoms with van der Waals surface area (Å²) in [5, 5.41) is 3.42. The van der Waals surface area contributed by atoms with Crippen molar-refractivity contribution in [2.24, 2.45) is 0 Å². The topological polar surface area (TPSA) is 39.1 Å². The van der Waals surface area contributed by atoms with Gasteiger partial charge in [-0.3, -0.25) is 0 Å². The van der Waals surface area contributed by atoms with Crippen LogP contribution in [-0.4, -0.2) is 35.4 Å². The van der Waals surface area contributed by atoms with Gasteiger partial charge in [0.25, 0.3) is 0 Å². The predicted octanol–water partition coefficient (Wildman–Crippen LogP) is 1.92. The summed E-state index contributed by atoms with van der Waals surface area (Å²) in [6.07, 6.45) is 10.6. The molecule has 1 aromatic heterocycles. The van der Waals surface area contributed by atoms with Crippen LogP contribution >= 0.6 is 0 Å². The summed E-state index contributed by atoms with van der Waals surface area (Å²) in [6, 6.07) is 0. The lowest BCUT2D eigenvalue weighted by Gasteiger charge is -2.24. The number of imidazole rings is 1. The SMILES string of the molecule is c1ncn(CCC2CCCO2)c1C1CCNCC1. The van der Waals surface area contributed by atoms with Crippen molar-refractivity contribution in [2.45, 2.75) is 50.7 Å². The van der Waals surface area contributed by atoms with Crippen molar-refractivity contribution in [1.82, 2.24) is 14.9 Å². The van der Waals surface area contributed by atoms with E-state index in [1.807, 2.05) is 6.33 Å². The summed E-state index contributed by atoms with van der Waals surface area (Å²) in [5.41, 5.74) is 1.43. The summed E-state index contributed by atoms with van der Waals surface area (Å²) in [7, 11) is 0. The van der Waals surface area contributed by atoms with Gasteiger partial charge in [-0.05, 0) is 45.2 Å². The van der Waals surface area contributed by atoms with Crippen molar-refractivity contribution in [1.29, 1.82) is 0 Å². The predicted molar refractivity (Wildman–Crippen MR) is 70.7 cm³/mol. The molecule has 3 heterocycles. The van der Waals surface area contributed by atoms with Gasteiger partial charge in [0, 0.05) is 31.0 Å². The zero-order valence-electron chi connectivity index (χ0n) is 11.0. The molecule has 0 saturated carbocycles. The van der Waals surface area contributed by atoms with Crippen LogP contribution in [0.15, 0.2) is 12.5 Å². The van der Waals surface area contributed by atoms with Crippen LogP contribution in [0, 0.1) is 0 Å². The van der Waals surface area contributed by atoms with Gasteiger partial charge >= 0.3 is 0 Å². The van der Waals surface area contributed by atoms with Gasteiger partial charge in [-0.1, -0.05) is 0 Å². The van der Waals surface area contributed by atoms with Crippen molar-refractivity contribution in [2.75, 3.05) is 19.7 Å². The van der Waals surface area contributed by atoms with Crippen LogP contribution in [0.1, 0.15) is 43.7 Å². The number of ether oxygens (including phenoxy) is 1. The molecule has 3 rings (SSSR count). The van der Waals surface area contributed by atoms with E-state index in [4.69, 9.17) is 4.74 Å². The molecule has 0 aromatic carbocycles. The third-order valence-corrected chi connectivity index (χ3v) is 4.22. The molecule has 0 amide bonds. The normalized spacial score (nSPS) is 25.7. The van der Waals surface area contributed by atoms with Crippen molar-refractivity contribution in [3.05, 3.63) is 18.2 Å². The van der Waals surface area contributed by atoms with E-state index in [2.05, 4.69) is 21.1 Å². The van der Waals surface area contributed by atoms with Gasteiger partial charge in [0.1, 0.15) is 0 Å². The summed E-state index contributed by atoms with van der Waals surface area (Å²) in [5.74, 6) is 0.693. The van der Waals surface area contributed by atoms with Gasteiger partial charge in [0.15, 0.2) is 0 Å². The highest BCUT2D eigenvalue weighted by Crippen LogP contribution is 2.25. The Balaban J connectivity index is 1.59. The van der Waals surface area contributed by atoms with Crippen molar-refractivity contribution in [3.63, 3.8) is 0 Å². The molecule has 1 N–H and O–H groups in total. The number of aryl methyl sites for hydroxylation is 1. The molecule has 0 radical (unpaired) electrons. The zero-order valence-corrected chi connectivity index (χ0v) is 11.0. The second-order valence-corrected chi connectivity index (χ2v) is 5.46. The molecule has 0 bridgehead atoms. The molecule has 0 spiro atoms.